The Morgan fingerprint density at radius 3 is 1.39 bits per heavy atom. The van der Waals surface area contributed by atoms with Gasteiger partial charge in [-0.1, -0.05) is 206 Å². The summed E-state index contributed by atoms with van der Waals surface area (Å²) in [5.41, 5.74) is 14.4. The van der Waals surface area contributed by atoms with E-state index in [9.17, 15) is 0 Å². The van der Waals surface area contributed by atoms with Crippen molar-refractivity contribution in [2.45, 2.75) is 0 Å². The number of hydrogen-bond acceptors (Lipinski definition) is 2. The smallest absolute Gasteiger partial charge is 0.159 e. The minimum absolute atomic E-state index is 0.856. The van der Waals surface area contributed by atoms with Gasteiger partial charge in [0, 0.05) is 22.1 Å². The van der Waals surface area contributed by atoms with E-state index < -0.39 is 0 Å². The van der Waals surface area contributed by atoms with E-state index in [1.165, 1.54) is 87.2 Å². The minimum Gasteiger partial charge on any atom is -0.454 e. The minimum atomic E-state index is 0.856. The van der Waals surface area contributed by atoms with Crippen LogP contribution in [-0.4, -0.2) is 0 Å². The van der Waals surface area contributed by atoms with E-state index in [2.05, 4.69) is 266 Å². The van der Waals surface area contributed by atoms with Gasteiger partial charge in [0.15, 0.2) is 5.58 Å². The summed E-state index contributed by atoms with van der Waals surface area (Å²) < 4.78 is 6.88. The highest BCUT2D eigenvalue weighted by molar-refractivity contribution is 6.21. The molecule has 0 spiro atoms. The highest BCUT2D eigenvalue weighted by Gasteiger charge is 2.21. The molecule has 0 bridgehead atoms. The fourth-order valence-corrected chi connectivity index (χ4v) is 11.0. The lowest BCUT2D eigenvalue weighted by atomic mass is 9.91. The summed E-state index contributed by atoms with van der Waals surface area (Å²) in [4.78, 5) is 2.34. The Bertz CT molecular complexity index is 4350. The van der Waals surface area contributed by atoms with Gasteiger partial charge in [0.05, 0.1) is 5.69 Å². The maximum atomic E-state index is 6.88. The molecule has 1 aromatic heterocycles. The molecule has 0 atom stereocenters. The molecule has 0 saturated carbocycles. The van der Waals surface area contributed by atoms with Crippen LogP contribution in [0.3, 0.4) is 0 Å². The van der Waals surface area contributed by atoms with Gasteiger partial charge in [0.25, 0.3) is 0 Å². The Morgan fingerprint density at radius 1 is 0.257 bits per heavy atom. The number of para-hydroxylation sites is 1. The third-order valence-electron chi connectivity index (χ3n) is 14.4. The molecule has 14 aromatic rings. The van der Waals surface area contributed by atoms with E-state index in [4.69, 9.17) is 4.42 Å². The first-order chi connectivity index (χ1) is 34.7. The van der Waals surface area contributed by atoms with E-state index in [-0.39, 0.29) is 0 Å². The number of anilines is 3. The molecule has 2 nitrogen and oxygen atoms in total. The summed E-state index contributed by atoms with van der Waals surface area (Å²) in [5, 5.41) is 14.5. The maximum Gasteiger partial charge on any atom is 0.159 e. The van der Waals surface area contributed by atoms with Gasteiger partial charge in [-0.15, -0.1) is 0 Å². The molecule has 0 fully saturated rings. The zero-order valence-electron chi connectivity index (χ0n) is 38.2. The van der Waals surface area contributed by atoms with Gasteiger partial charge in [0.1, 0.15) is 5.58 Å². The van der Waals surface area contributed by atoms with E-state index in [1.54, 1.807) is 0 Å². The highest BCUT2D eigenvalue weighted by atomic mass is 16.3. The molecule has 0 aliphatic carbocycles. The van der Waals surface area contributed by atoms with Gasteiger partial charge < -0.3 is 9.32 Å². The van der Waals surface area contributed by atoms with Crippen LogP contribution in [0.2, 0.25) is 0 Å². The lowest BCUT2D eigenvalue weighted by Crippen LogP contribution is -2.10. The Labute approximate surface area is 405 Å². The summed E-state index contributed by atoms with van der Waals surface area (Å²) in [6.07, 6.45) is 0. The van der Waals surface area contributed by atoms with Crippen LogP contribution < -0.4 is 4.90 Å². The average Bonchev–Trinajstić information content (AvgIpc) is 3.83. The molecular formula is C68H43NO. The topological polar surface area (TPSA) is 16.4 Å². The molecule has 0 N–H and O–H groups in total. The third kappa shape index (κ3) is 6.64. The van der Waals surface area contributed by atoms with Gasteiger partial charge in [-0.05, 0) is 153 Å². The average molecular weight is 890 g/mol. The number of rotatable bonds is 7. The largest absolute Gasteiger partial charge is 0.454 e. The van der Waals surface area contributed by atoms with Crippen LogP contribution in [0.5, 0.6) is 0 Å². The molecule has 0 aliphatic rings. The molecule has 0 saturated heterocycles. The fraction of sp³-hybridized carbons (Fsp3) is 0. The lowest BCUT2D eigenvalue weighted by Gasteiger charge is -2.26. The van der Waals surface area contributed by atoms with Crippen LogP contribution >= 0.6 is 0 Å². The highest BCUT2D eigenvalue weighted by Crippen LogP contribution is 2.45. The SMILES string of the molecule is c1ccc2cc(-c3ccc4cc(-c5ccc(N(c6ccc(-c7cccc8c(-c9cccc%10ccccc9%10)cccc78)cc6)c6cccc7c6oc6ccc8ccccc8c67)cc5)ccc4c3)ccc2c1. The molecule has 0 aliphatic heterocycles. The van der Waals surface area contributed by atoms with Gasteiger partial charge in [0.2, 0.25) is 0 Å². The summed E-state index contributed by atoms with van der Waals surface area (Å²) >= 11 is 0. The standard InChI is InChI=1S/C68H43NO/c1-2-14-49-41-51(26-25-44(49)11-1)54-30-29-52-42-50(27-28-53(52)43-54)45-31-36-55(37-32-45)69(65-24-10-23-64-67-59-17-6-4-13-47(59)35-40-66(67)70-68(64)65)56-38-33-48(34-39-56)58-18-8-21-62-61(58)20-9-22-63(62)60-19-7-15-46-12-3-5-16-57(46)60/h1-43H. The summed E-state index contributed by atoms with van der Waals surface area (Å²) in [6, 6.07) is 95.0. The van der Waals surface area contributed by atoms with Crippen molar-refractivity contribution in [2.24, 2.45) is 0 Å². The number of benzene rings is 13. The van der Waals surface area contributed by atoms with Crippen LogP contribution in [0.4, 0.5) is 17.1 Å². The first-order valence-electron chi connectivity index (χ1n) is 24.1. The van der Waals surface area contributed by atoms with Gasteiger partial charge in [-0.3, -0.25) is 0 Å². The number of hydrogen-bond donors (Lipinski definition) is 0. The monoisotopic (exact) mass is 889 g/mol. The van der Waals surface area contributed by atoms with E-state index in [0.717, 1.165) is 50.1 Å². The van der Waals surface area contributed by atoms with Crippen molar-refractivity contribution in [3.05, 3.63) is 261 Å². The van der Waals surface area contributed by atoms with Crippen molar-refractivity contribution in [1.82, 2.24) is 0 Å². The zero-order valence-corrected chi connectivity index (χ0v) is 38.2. The third-order valence-corrected chi connectivity index (χ3v) is 14.4. The number of furan rings is 1. The summed E-state index contributed by atoms with van der Waals surface area (Å²) in [7, 11) is 0. The van der Waals surface area contributed by atoms with Crippen LogP contribution in [0.15, 0.2) is 265 Å². The molecule has 0 amide bonds. The number of nitrogens with zero attached hydrogens (tertiary/aromatic N) is 1. The summed E-state index contributed by atoms with van der Waals surface area (Å²) in [6.45, 7) is 0. The van der Waals surface area contributed by atoms with Crippen molar-refractivity contribution in [1.29, 1.82) is 0 Å². The predicted molar refractivity (Wildman–Crippen MR) is 298 cm³/mol. The normalized spacial score (nSPS) is 11.7. The molecule has 1 heterocycles. The van der Waals surface area contributed by atoms with Crippen molar-refractivity contribution < 1.29 is 4.42 Å². The molecule has 2 heteroatoms. The molecular weight excluding hydrogens is 847 g/mol. The molecule has 326 valence electrons. The van der Waals surface area contributed by atoms with E-state index in [0.29, 0.717) is 0 Å². The van der Waals surface area contributed by atoms with Crippen molar-refractivity contribution in [2.75, 3.05) is 4.90 Å². The quantitative estimate of drug-likeness (QED) is 0.159. The van der Waals surface area contributed by atoms with Crippen molar-refractivity contribution in [3.63, 3.8) is 0 Å². The molecule has 0 unspecified atom stereocenters. The van der Waals surface area contributed by atoms with Crippen LogP contribution in [-0.2, 0) is 0 Å². The molecule has 0 radical (unpaired) electrons. The van der Waals surface area contributed by atoms with Gasteiger partial charge in [-0.2, -0.15) is 0 Å². The second-order valence-corrected chi connectivity index (χ2v) is 18.4. The Balaban J connectivity index is 0.858. The van der Waals surface area contributed by atoms with Gasteiger partial charge in [-0.25, -0.2) is 0 Å². The zero-order chi connectivity index (χ0) is 46.1. The first-order valence-corrected chi connectivity index (χ1v) is 24.1. The maximum absolute atomic E-state index is 6.88. The number of fused-ring (bicyclic) bond motifs is 9. The van der Waals surface area contributed by atoms with E-state index >= 15 is 0 Å². The second kappa shape index (κ2) is 16.2. The predicted octanol–water partition coefficient (Wildman–Crippen LogP) is 19.5. The van der Waals surface area contributed by atoms with Crippen LogP contribution in [0, 0.1) is 0 Å². The molecule has 70 heavy (non-hydrogen) atoms. The van der Waals surface area contributed by atoms with Crippen molar-refractivity contribution in [3.8, 4) is 44.5 Å². The summed E-state index contributed by atoms with van der Waals surface area (Å²) in [5.74, 6) is 0. The fourth-order valence-electron chi connectivity index (χ4n) is 11.0. The van der Waals surface area contributed by atoms with Gasteiger partial charge >= 0.3 is 0 Å². The first kappa shape index (κ1) is 39.9. The Hall–Kier alpha value is -9.24. The molecule has 14 rings (SSSR count). The molecule has 13 aromatic carbocycles. The van der Waals surface area contributed by atoms with Crippen molar-refractivity contribution >= 4 is 92.9 Å². The Morgan fingerprint density at radius 2 is 0.686 bits per heavy atom. The lowest BCUT2D eigenvalue weighted by molar-refractivity contribution is 0.669. The van der Waals surface area contributed by atoms with E-state index in [1.807, 2.05) is 0 Å². The second-order valence-electron chi connectivity index (χ2n) is 18.4. The van der Waals surface area contributed by atoms with Crippen LogP contribution in [0.25, 0.3) is 120 Å². The Kier molecular flexibility index (Phi) is 9.25. The van der Waals surface area contributed by atoms with Crippen LogP contribution in [0.1, 0.15) is 0 Å².